The summed E-state index contributed by atoms with van der Waals surface area (Å²) in [7, 11) is 0. The van der Waals surface area contributed by atoms with Gasteiger partial charge in [0.25, 0.3) is 5.91 Å². The molecule has 1 saturated heterocycles. The van der Waals surface area contributed by atoms with Crippen molar-refractivity contribution in [3.8, 4) is 5.88 Å². The van der Waals surface area contributed by atoms with Gasteiger partial charge in [-0.3, -0.25) is 4.79 Å². The van der Waals surface area contributed by atoms with E-state index < -0.39 is 0 Å². The van der Waals surface area contributed by atoms with Crippen molar-refractivity contribution >= 4 is 5.91 Å². The van der Waals surface area contributed by atoms with Gasteiger partial charge in [-0.05, 0) is 50.5 Å². The van der Waals surface area contributed by atoms with Gasteiger partial charge in [-0.1, -0.05) is 25.7 Å². The van der Waals surface area contributed by atoms with Crippen LogP contribution < -0.4 is 4.74 Å². The van der Waals surface area contributed by atoms with Gasteiger partial charge >= 0.3 is 0 Å². The molecule has 0 spiro atoms. The van der Waals surface area contributed by atoms with Crippen LogP contribution in [0.4, 0.5) is 0 Å². The van der Waals surface area contributed by atoms with Crippen LogP contribution in [0.2, 0.25) is 0 Å². The van der Waals surface area contributed by atoms with Crippen molar-refractivity contribution in [2.45, 2.75) is 82.8 Å². The molecule has 5 rings (SSSR count). The van der Waals surface area contributed by atoms with E-state index in [1.807, 2.05) is 12.1 Å². The number of carbonyl (C=O) groups is 1. The predicted octanol–water partition coefficient (Wildman–Crippen LogP) is 4.06. The topological polar surface area (TPSA) is 45.7 Å². The van der Waals surface area contributed by atoms with Crippen LogP contribution in [0.1, 0.15) is 80.3 Å². The second-order valence-electron chi connectivity index (χ2n) is 9.59. The van der Waals surface area contributed by atoms with Gasteiger partial charge in [0, 0.05) is 44.7 Å². The summed E-state index contributed by atoms with van der Waals surface area (Å²) in [5.41, 5.74) is 1.72. The largest absolute Gasteiger partial charge is 0.474 e. The molecule has 0 radical (unpaired) electrons. The zero-order chi connectivity index (χ0) is 19.6. The third-order valence-corrected chi connectivity index (χ3v) is 7.64. The van der Waals surface area contributed by atoms with Gasteiger partial charge in [0.1, 0.15) is 6.10 Å². The van der Waals surface area contributed by atoms with Crippen LogP contribution in [0.15, 0.2) is 12.1 Å². The molecule has 1 amide bonds. The maximum Gasteiger partial charge on any atom is 0.255 e. The number of hydrogen-bond acceptors (Lipinski definition) is 4. The zero-order valence-electron chi connectivity index (χ0n) is 17.7. The lowest BCUT2D eigenvalue weighted by molar-refractivity contribution is 0.0473. The molecule has 5 nitrogen and oxygen atoms in total. The number of rotatable bonds is 5. The monoisotopic (exact) mass is 397 g/mol. The van der Waals surface area contributed by atoms with Crippen LogP contribution in [-0.2, 0) is 6.42 Å². The number of ether oxygens (including phenoxy) is 1. The Hall–Kier alpha value is -1.62. The van der Waals surface area contributed by atoms with E-state index in [2.05, 4.69) is 9.80 Å². The quantitative estimate of drug-likeness (QED) is 0.752. The smallest absolute Gasteiger partial charge is 0.255 e. The van der Waals surface area contributed by atoms with Crippen LogP contribution >= 0.6 is 0 Å². The molecule has 5 heteroatoms. The highest BCUT2D eigenvalue weighted by Crippen LogP contribution is 2.30. The highest BCUT2D eigenvalue weighted by atomic mass is 16.5. The van der Waals surface area contributed by atoms with E-state index in [9.17, 15) is 4.79 Å². The molecule has 29 heavy (non-hydrogen) atoms. The Morgan fingerprint density at radius 2 is 1.72 bits per heavy atom. The van der Waals surface area contributed by atoms with Gasteiger partial charge in [-0.25, -0.2) is 4.98 Å². The van der Waals surface area contributed by atoms with E-state index in [0.717, 1.165) is 62.7 Å². The van der Waals surface area contributed by atoms with E-state index in [1.54, 1.807) is 0 Å². The third kappa shape index (κ3) is 4.30. The number of aromatic nitrogens is 1. The molecule has 2 aliphatic carbocycles. The summed E-state index contributed by atoms with van der Waals surface area (Å²) < 4.78 is 6.22. The van der Waals surface area contributed by atoms with Crippen LogP contribution in [0.25, 0.3) is 0 Å². The Balaban J connectivity index is 1.17. The molecule has 3 heterocycles. The molecule has 0 bridgehead atoms. The van der Waals surface area contributed by atoms with Gasteiger partial charge in [0.2, 0.25) is 5.88 Å². The number of carbonyl (C=O) groups excluding carboxylic acids is 1. The Kier molecular flexibility index (Phi) is 5.76. The van der Waals surface area contributed by atoms with Crippen molar-refractivity contribution in [1.82, 2.24) is 14.8 Å². The van der Waals surface area contributed by atoms with Crippen LogP contribution in [0.3, 0.4) is 0 Å². The Morgan fingerprint density at radius 1 is 0.931 bits per heavy atom. The minimum atomic E-state index is 0.171. The molecule has 3 fully saturated rings. The van der Waals surface area contributed by atoms with Crippen molar-refractivity contribution in [2.75, 3.05) is 26.2 Å². The fourth-order valence-corrected chi connectivity index (χ4v) is 5.58. The highest BCUT2D eigenvalue weighted by molar-refractivity contribution is 5.96. The SMILES string of the molecule is O=C1c2ccc(OC3CCN(C4CCC4)CC3)nc2CCN1CC1CCCCC1. The zero-order valence-corrected chi connectivity index (χ0v) is 17.7. The first-order chi connectivity index (χ1) is 14.3. The first-order valence-corrected chi connectivity index (χ1v) is 12.0. The fraction of sp³-hybridized carbons (Fsp3) is 0.750. The normalized spacial score (nSPS) is 25.0. The van der Waals surface area contributed by atoms with Gasteiger partial charge < -0.3 is 14.5 Å². The van der Waals surface area contributed by atoms with Crippen molar-refractivity contribution in [3.63, 3.8) is 0 Å². The minimum Gasteiger partial charge on any atom is -0.474 e. The van der Waals surface area contributed by atoms with Gasteiger partial charge in [0.15, 0.2) is 0 Å². The molecule has 0 atom stereocenters. The average molecular weight is 398 g/mol. The Morgan fingerprint density at radius 3 is 2.45 bits per heavy atom. The summed E-state index contributed by atoms with van der Waals surface area (Å²) in [5.74, 6) is 1.57. The van der Waals surface area contributed by atoms with Crippen LogP contribution in [-0.4, -0.2) is 59.0 Å². The summed E-state index contributed by atoms with van der Waals surface area (Å²) in [5, 5.41) is 0. The van der Waals surface area contributed by atoms with Gasteiger partial charge in [-0.15, -0.1) is 0 Å². The number of amides is 1. The van der Waals surface area contributed by atoms with Crippen molar-refractivity contribution < 1.29 is 9.53 Å². The molecule has 1 aromatic rings. The molecule has 2 saturated carbocycles. The number of fused-ring (bicyclic) bond motifs is 1. The summed E-state index contributed by atoms with van der Waals surface area (Å²) in [4.78, 5) is 22.4. The van der Waals surface area contributed by atoms with Crippen molar-refractivity contribution in [2.24, 2.45) is 5.92 Å². The molecular weight excluding hydrogens is 362 g/mol. The average Bonchev–Trinajstić information content (AvgIpc) is 2.71. The second-order valence-corrected chi connectivity index (χ2v) is 9.59. The summed E-state index contributed by atoms with van der Waals surface area (Å²) in [6.45, 7) is 4.03. The number of hydrogen-bond donors (Lipinski definition) is 0. The lowest BCUT2D eigenvalue weighted by Crippen LogP contribution is -2.46. The van der Waals surface area contributed by atoms with Crippen LogP contribution in [0, 0.1) is 5.92 Å². The van der Waals surface area contributed by atoms with E-state index in [0.29, 0.717) is 11.8 Å². The molecule has 0 N–H and O–H groups in total. The molecule has 1 aromatic heterocycles. The number of likely N-dealkylation sites (tertiary alicyclic amines) is 1. The Labute approximate surface area is 174 Å². The van der Waals surface area contributed by atoms with E-state index in [4.69, 9.17) is 9.72 Å². The summed E-state index contributed by atoms with van der Waals surface area (Å²) in [6, 6.07) is 4.70. The predicted molar refractivity (Wildman–Crippen MR) is 113 cm³/mol. The van der Waals surface area contributed by atoms with E-state index in [-0.39, 0.29) is 12.0 Å². The van der Waals surface area contributed by atoms with Crippen molar-refractivity contribution in [3.05, 3.63) is 23.4 Å². The first-order valence-electron chi connectivity index (χ1n) is 12.0. The highest BCUT2D eigenvalue weighted by Gasteiger charge is 2.31. The maximum atomic E-state index is 13.0. The second kappa shape index (κ2) is 8.63. The molecular formula is C24H35N3O2. The van der Waals surface area contributed by atoms with Gasteiger partial charge in [0.05, 0.1) is 11.3 Å². The standard InChI is InChI=1S/C24H35N3O2/c28-24-21-9-10-23(29-20-11-14-26(15-12-20)19-7-4-8-19)25-22(21)13-16-27(24)17-18-5-2-1-3-6-18/h9-10,18-20H,1-8,11-17H2. The summed E-state index contributed by atoms with van der Waals surface area (Å²) in [6.07, 6.45) is 14.0. The maximum absolute atomic E-state index is 13.0. The molecule has 158 valence electrons. The number of pyridine rings is 1. The molecule has 4 aliphatic rings. The van der Waals surface area contributed by atoms with Gasteiger partial charge in [-0.2, -0.15) is 0 Å². The Bertz CT molecular complexity index is 719. The van der Waals surface area contributed by atoms with Crippen LogP contribution in [0.5, 0.6) is 5.88 Å². The minimum absolute atomic E-state index is 0.171. The molecule has 0 unspecified atom stereocenters. The summed E-state index contributed by atoms with van der Waals surface area (Å²) >= 11 is 0. The van der Waals surface area contributed by atoms with E-state index in [1.165, 1.54) is 51.4 Å². The van der Waals surface area contributed by atoms with E-state index >= 15 is 0 Å². The fourth-order valence-electron chi connectivity index (χ4n) is 5.58. The number of piperidine rings is 1. The first kappa shape index (κ1) is 19.3. The lowest BCUT2D eigenvalue weighted by atomic mass is 9.88. The molecule has 0 aromatic carbocycles. The van der Waals surface area contributed by atoms with Crippen molar-refractivity contribution in [1.29, 1.82) is 0 Å². The third-order valence-electron chi connectivity index (χ3n) is 7.64. The molecule has 2 aliphatic heterocycles. The number of nitrogens with zero attached hydrogens (tertiary/aromatic N) is 3. The lowest BCUT2D eigenvalue weighted by Gasteiger charge is -2.41.